The maximum Gasteiger partial charge on any atom is 0.321 e. The van der Waals surface area contributed by atoms with Crippen molar-refractivity contribution < 1.29 is 29.6 Å². The van der Waals surface area contributed by atoms with Crippen LogP contribution in [-0.4, -0.2) is 27.3 Å². The Balaban J connectivity index is 2.01. The van der Waals surface area contributed by atoms with Gasteiger partial charge < -0.3 is 20.1 Å². The molecule has 1 heterocycles. The lowest BCUT2D eigenvalue weighted by Crippen LogP contribution is -2.61. The van der Waals surface area contributed by atoms with Crippen LogP contribution in [0, 0.1) is 11.8 Å². The second-order valence-corrected chi connectivity index (χ2v) is 6.47. The second-order valence-electron chi connectivity index (χ2n) is 6.47. The SMILES string of the molecule is O=C1OC(=O)C2C1C1(O)c3ccccc3C2(O)c2c(O)cccc21. The summed E-state index contributed by atoms with van der Waals surface area (Å²) in [5.41, 5.74) is -2.86. The average molecular weight is 324 g/mol. The normalized spacial score (nSPS) is 35.2. The van der Waals surface area contributed by atoms with Crippen LogP contribution in [0.5, 0.6) is 5.75 Å². The van der Waals surface area contributed by atoms with Crippen molar-refractivity contribution >= 4 is 11.9 Å². The van der Waals surface area contributed by atoms with Gasteiger partial charge in [0.2, 0.25) is 0 Å². The van der Waals surface area contributed by atoms with Gasteiger partial charge in [0.1, 0.15) is 28.8 Å². The van der Waals surface area contributed by atoms with Crippen LogP contribution in [0.3, 0.4) is 0 Å². The molecule has 120 valence electrons. The van der Waals surface area contributed by atoms with Crippen LogP contribution < -0.4 is 0 Å². The Morgan fingerprint density at radius 1 is 0.792 bits per heavy atom. The highest BCUT2D eigenvalue weighted by atomic mass is 16.6. The number of phenols is 1. The van der Waals surface area contributed by atoms with Gasteiger partial charge in [-0.1, -0.05) is 36.4 Å². The number of cyclic esters (lactones) is 2. The highest BCUT2D eigenvalue weighted by Crippen LogP contribution is 2.65. The van der Waals surface area contributed by atoms with Gasteiger partial charge in [-0.3, -0.25) is 9.59 Å². The van der Waals surface area contributed by atoms with Crippen molar-refractivity contribution in [3.05, 3.63) is 64.7 Å². The summed E-state index contributed by atoms with van der Waals surface area (Å²) in [5.74, 6) is -4.55. The Bertz CT molecular complexity index is 950. The number of carbonyl (C=O) groups excluding carboxylic acids is 2. The fraction of sp³-hybridized carbons (Fsp3) is 0.222. The Hall–Kier alpha value is -2.70. The number of aliphatic hydroxyl groups is 2. The fourth-order valence-electron chi connectivity index (χ4n) is 4.67. The number of esters is 2. The van der Waals surface area contributed by atoms with E-state index in [9.17, 15) is 24.9 Å². The van der Waals surface area contributed by atoms with Crippen molar-refractivity contribution in [2.24, 2.45) is 11.8 Å². The highest BCUT2D eigenvalue weighted by Gasteiger charge is 2.73. The van der Waals surface area contributed by atoms with Crippen LogP contribution >= 0.6 is 0 Å². The molecule has 6 rings (SSSR count). The Morgan fingerprint density at radius 3 is 2.00 bits per heavy atom. The van der Waals surface area contributed by atoms with E-state index in [0.717, 1.165) is 0 Å². The minimum atomic E-state index is -1.93. The Labute approximate surface area is 135 Å². The molecule has 4 aliphatic rings. The van der Waals surface area contributed by atoms with Gasteiger partial charge in [-0.05, 0) is 22.8 Å². The van der Waals surface area contributed by atoms with Gasteiger partial charge in [0.05, 0.1) is 0 Å². The molecule has 0 spiro atoms. The fourth-order valence-corrected chi connectivity index (χ4v) is 4.67. The molecule has 0 radical (unpaired) electrons. The van der Waals surface area contributed by atoms with Gasteiger partial charge in [-0.2, -0.15) is 0 Å². The molecular formula is C18H12O6. The summed E-state index contributed by atoms with van der Waals surface area (Å²) >= 11 is 0. The third kappa shape index (κ3) is 1.17. The second kappa shape index (κ2) is 3.85. The number of hydrogen-bond donors (Lipinski definition) is 3. The Morgan fingerprint density at radius 2 is 1.33 bits per heavy atom. The highest BCUT2D eigenvalue weighted by molar-refractivity contribution is 6.01. The number of phenolic OH excluding ortho intramolecular Hbond substituents is 1. The molecule has 1 fully saturated rings. The van der Waals surface area contributed by atoms with Crippen molar-refractivity contribution in [2.75, 3.05) is 0 Å². The third-order valence-corrected chi connectivity index (χ3v) is 5.53. The van der Waals surface area contributed by atoms with Crippen LogP contribution in [-0.2, 0) is 25.5 Å². The maximum atomic E-state index is 12.3. The molecule has 0 amide bonds. The van der Waals surface area contributed by atoms with Crippen molar-refractivity contribution in [3.8, 4) is 5.75 Å². The quantitative estimate of drug-likeness (QED) is 0.482. The van der Waals surface area contributed by atoms with Crippen molar-refractivity contribution in [1.82, 2.24) is 0 Å². The summed E-state index contributed by atoms with van der Waals surface area (Å²) < 4.78 is 4.74. The molecule has 2 aromatic rings. The van der Waals surface area contributed by atoms with Crippen molar-refractivity contribution in [3.63, 3.8) is 0 Å². The molecule has 2 bridgehead atoms. The summed E-state index contributed by atoms with van der Waals surface area (Å²) in [7, 11) is 0. The number of carbonyl (C=O) groups is 2. The number of rotatable bonds is 0. The van der Waals surface area contributed by atoms with E-state index in [1.807, 2.05) is 0 Å². The van der Waals surface area contributed by atoms with Crippen LogP contribution in [0.4, 0.5) is 0 Å². The first kappa shape index (κ1) is 13.7. The van der Waals surface area contributed by atoms with E-state index in [2.05, 4.69) is 0 Å². The van der Waals surface area contributed by atoms with Crippen LogP contribution in [0.15, 0.2) is 42.5 Å². The summed E-state index contributed by atoms with van der Waals surface area (Å²) in [4.78, 5) is 24.6. The summed E-state index contributed by atoms with van der Waals surface area (Å²) in [6, 6.07) is 11.0. The molecule has 6 heteroatoms. The molecule has 0 saturated carbocycles. The maximum absolute atomic E-state index is 12.3. The van der Waals surface area contributed by atoms with Gasteiger partial charge >= 0.3 is 11.9 Å². The van der Waals surface area contributed by atoms with E-state index in [1.54, 1.807) is 30.3 Å². The first-order valence-corrected chi connectivity index (χ1v) is 7.55. The minimum absolute atomic E-state index is 0.0547. The smallest absolute Gasteiger partial charge is 0.321 e. The summed E-state index contributed by atoms with van der Waals surface area (Å²) in [6.45, 7) is 0. The molecule has 6 nitrogen and oxygen atoms in total. The topological polar surface area (TPSA) is 104 Å². The van der Waals surface area contributed by atoms with Gasteiger partial charge in [-0.15, -0.1) is 0 Å². The van der Waals surface area contributed by atoms with E-state index >= 15 is 0 Å². The van der Waals surface area contributed by atoms with Gasteiger partial charge in [0.15, 0.2) is 0 Å². The molecule has 1 aliphatic heterocycles. The van der Waals surface area contributed by atoms with Crippen LogP contribution in [0.2, 0.25) is 0 Å². The zero-order chi connectivity index (χ0) is 16.9. The Kier molecular flexibility index (Phi) is 2.20. The molecule has 0 aromatic heterocycles. The molecule has 3 aliphatic carbocycles. The van der Waals surface area contributed by atoms with Crippen molar-refractivity contribution in [1.29, 1.82) is 0 Å². The van der Waals surface area contributed by atoms with E-state index in [4.69, 9.17) is 4.74 Å². The third-order valence-electron chi connectivity index (χ3n) is 5.53. The predicted octanol–water partition coefficient (Wildman–Crippen LogP) is 0.507. The van der Waals surface area contributed by atoms with Gasteiger partial charge in [-0.25, -0.2) is 0 Å². The molecule has 4 unspecified atom stereocenters. The first-order chi connectivity index (χ1) is 11.4. The van der Waals surface area contributed by atoms with E-state index < -0.39 is 35.0 Å². The molecular weight excluding hydrogens is 312 g/mol. The lowest BCUT2D eigenvalue weighted by molar-refractivity contribution is -0.155. The van der Waals surface area contributed by atoms with E-state index in [0.29, 0.717) is 11.1 Å². The largest absolute Gasteiger partial charge is 0.508 e. The summed E-state index contributed by atoms with van der Waals surface area (Å²) in [6.07, 6.45) is 0. The number of hydrogen-bond acceptors (Lipinski definition) is 6. The van der Waals surface area contributed by atoms with Crippen molar-refractivity contribution in [2.45, 2.75) is 11.2 Å². The molecule has 4 atom stereocenters. The molecule has 1 saturated heterocycles. The predicted molar refractivity (Wildman–Crippen MR) is 78.6 cm³/mol. The lowest BCUT2D eigenvalue weighted by Gasteiger charge is -2.54. The van der Waals surface area contributed by atoms with Gasteiger partial charge in [0.25, 0.3) is 0 Å². The zero-order valence-corrected chi connectivity index (χ0v) is 12.3. The molecule has 3 N–H and O–H groups in total. The molecule has 24 heavy (non-hydrogen) atoms. The number of aromatic hydroxyl groups is 1. The van der Waals surface area contributed by atoms with E-state index in [-0.39, 0.29) is 16.9 Å². The molecule has 2 aromatic carbocycles. The summed E-state index contributed by atoms with van der Waals surface area (Å²) in [5, 5.41) is 33.4. The minimum Gasteiger partial charge on any atom is -0.508 e. The first-order valence-electron chi connectivity index (χ1n) is 7.55. The number of benzene rings is 2. The van der Waals surface area contributed by atoms with Crippen LogP contribution in [0.25, 0.3) is 0 Å². The zero-order valence-electron chi connectivity index (χ0n) is 12.3. The van der Waals surface area contributed by atoms with Crippen LogP contribution in [0.1, 0.15) is 22.3 Å². The average Bonchev–Trinajstić information content (AvgIpc) is 2.88. The van der Waals surface area contributed by atoms with Gasteiger partial charge in [0, 0.05) is 5.56 Å². The number of ether oxygens (including phenoxy) is 1. The standard InChI is InChI=1S/C18H12O6/c19-11-7-3-6-10-12(11)18(23)9-5-2-1-4-8(9)17(10,22)13-14(18)16(21)24-15(13)20/h1-7,13-14,19,22-23H. The lowest BCUT2D eigenvalue weighted by atomic mass is 9.50. The monoisotopic (exact) mass is 324 g/mol. The van der Waals surface area contributed by atoms with E-state index in [1.165, 1.54) is 12.1 Å².